The highest BCUT2D eigenvalue weighted by atomic mass is 19.4. The summed E-state index contributed by atoms with van der Waals surface area (Å²) in [5.41, 5.74) is 1.75. The summed E-state index contributed by atoms with van der Waals surface area (Å²) in [7, 11) is 0. The van der Waals surface area contributed by atoms with Crippen molar-refractivity contribution in [2.75, 3.05) is 6.61 Å². The number of hydrogen-bond donors (Lipinski definition) is 5. The third-order valence-electron chi connectivity index (χ3n) is 2.54. The molecular formula is C9H11F3N2O7. The molecule has 0 aromatic carbocycles. The quantitative estimate of drug-likeness (QED) is 0.142. The molecule has 0 bridgehead atoms. The van der Waals surface area contributed by atoms with Crippen LogP contribution >= 0.6 is 0 Å². The van der Waals surface area contributed by atoms with E-state index in [-0.39, 0.29) is 0 Å². The van der Waals surface area contributed by atoms with Gasteiger partial charge in [0.05, 0.1) is 6.61 Å². The Hall–Kier alpha value is -1.69. The summed E-state index contributed by atoms with van der Waals surface area (Å²) in [6.07, 6.45) is -14.2. The lowest BCUT2D eigenvalue weighted by atomic mass is 9.81. The molecule has 0 fully saturated rings. The Balaban J connectivity index is 6.01. The maximum Gasteiger partial charge on any atom is 0.499 e. The predicted molar refractivity (Wildman–Crippen MR) is 55.8 cm³/mol. The van der Waals surface area contributed by atoms with E-state index in [2.05, 4.69) is 0 Å². The Morgan fingerprint density at radius 1 is 1.29 bits per heavy atom. The number of alkyl halides is 3. The Labute approximate surface area is 114 Å². The highest BCUT2D eigenvalue weighted by Gasteiger charge is 2.62. The zero-order valence-corrected chi connectivity index (χ0v) is 10.1. The predicted octanol–water partition coefficient (Wildman–Crippen LogP) is -3.21. The number of hydrogen-bond acceptors (Lipinski definition) is 7. The van der Waals surface area contributed by atoms with Gasteiger partial charge in [0.1, 0.15) is 18.3 Å². The summed E-state index contributed by atoms with van der Waals surface area (Å²) in [6, 6.07) is 0. The zero-order chi connectivity index (χ0) is 17.0. The van der Waals surface area contributed by atoms with E-state index in [1.165, 1.54) is 0 Å². The molecule has 0 spiro atoms. The van der Waals surface area contributed by atoms with Gasteiger partial charge < -0.3 is 35.9 Å². The number of nitrogens with zero attached hydrogens (tertiary/aromatic N) is 2. The number of Topliss-reactive ketones (excluding diaryl/α,β-unsaturated/α-hetero) is 1. The average Bonchev–Trinajstić information content (AvgIpc) is 2.42. The van der Waals surface area contributed by atoms with Crippen LogP contribution in [-0.2, 0) is 9.59 Å². The number of carbonyl (C=O) groups is 2. The minimum absolute atomic E-state index is 0.434. The number of aldehydes is 1. The van der Waals surface area contributed by atoms with Crippen LogP contribution in [0.4, 0.5) is 13.2 Å². The Morgan fingerprint density at radius 2 is 1.76 bits per heavy atom. The molecule has 0 rings (SSSR count). The fraction of sp³-hybridized carbons (Fsp3) is 0.667. The fourth-order valence-corrected chi connectivity index (χ4v) is 1.38. The van der Waals surface area contributed by atoms with Gasteiger partial charge in [0.2, 0.25) is 0 Å². The first kappa shape index (κ1) is 19.3. The lowest BCUT2D eigenvalue weighted by Crippen LogP contribution is -2.66. The van der Waals surface area contributed by atoms with Crippen LogP contribution in [-0.4, -0.2) is 84.8 Å². The maximum atomic E-state index is 12.4. The molecule has 9 nitrogen and oxygen atoms in total. The Morgan fingerprint density at radius 3 is 2.05 bits per heavy atom. The molecule has 0 aliphatic rings. The molecule has 120 valence electrons. The second-order valence-electron chi connectivity index (χ2n) is 3.87. The van der Waals surface area contributed by atoms with Gasteiger partial charge in [0.25, 0.3) is 5.78 Å². The van der Waals surface area contributed by atoms with Crippen molar-refractivity contribution in [1.82, 2.24) is 0 Å². The van der Waals surface area contributed by atoms with Crippen LogP contribution in [0.25, 0.3) is 5.53 Å². The van der Waals surface area contributed by atoms with Gasteiger partial charge in [-0.25, -0.2) is 0 Å². The highest BCUT2D eigenvalue weighted by Crippen LogP contribution is 2.26. The molecule has 0 aliphatic carbocycles. The molecule has 0 radical (unpaired) electrons. The molecule has 0 amide bonds. The van der Waals surface area contributed by atoms with Gasteiger partial charge in [-0.3, -0.25) is 4.79 Å². The van der Waals surface area contributed by atoms with Crippen molar-refractivity contribution in [3.63, 3.8) is 0 Å². The monoisotopic (exact) mass is 316 g/mol. The largest absolute Gasteiger partial charge is 0.499 e. The van der Waals surface area contributed by atoms with Crippen LogP contribution < -0.4 is 0 Å². The van der Waals surface area contributed by atoms with E-state index in [0.717, 1.165) is 0 Å². The summed E-state index contributed by atoms with van der Waals surface area (Å²) in [6.45, 7) is -1.51. The minimum atomic E-state index is -5.58. The summed E-state index contributed by atoms with van der Waals surface area (Å²) in [5.74, 6) is -2.55. The van der Waals surface area contributed by atoms with Crippen molar-refractivity contribution in [3.8, 4) is 0 Å². The number of aliphatic hydroxyl groups is 5. The summed E-state index contributed by atoms with van der Waals surface area (Å²) >= 11 is 0. The van der Waals surface area contributed by atoms with Gasteiger partial charge >= 0.3 is 11.9 Å². The summed E-state index contributed by atoms with van der Waals surface area (Å²) in [4.78, 5) is 23.5. The third-order valence-corrected chi connectivity index (χ3v) is 2.54. The summed E-state index contributed by atoms with van der Waals surface area (Å²) in [5, 5.41) is 46.1. The molecular weight excluding hydrogens is 305 g/mol. The van der Waals surface area contributed by atoms with Crippen LogP contribution in [0, 0.1) is 0 Å². The minimum Gasteiger partial charge on any atom is -0.394 e. The normalized spacial score (nSPS) is 18.9. The molecule has 0 unspecified atom stereocenters. The van der Waals surface area contributed by atoms with Crippen molar-refractivity contribution in [1.29, 1.82) is 0 Å². The first-order valence-electron chi connectivity index (χ1n) is 5.15. The summed E-state index contributed by atoms with van der Waals surface area (Å²) < 4.78 is 37.3. The number of halogens is 3. The molecule has 21 heavy (non-hydrogen) atoms. The highest BCUT2D eigenvalue weighted by molar-refractivity contribution is 6.42. The van der Waals surface area contributed by atoms with E-state index >= 15 is 0 Å². The van der Waals surface area contributed by atoms with Crippen molar-refractivity contribution in [3.05, 3.63) is 5.53 Å². The topological polar surface area (TPSA) is 172 Å². The van der Waals surface area contributed by atoms with Gasteiger partial charge in [-0.05, 0) is 0 Å². The van der Waals surface area contributed by atoms with Crippen LogP contribution in [0.3, 0.4) is 0 Å². The fourth-order valence-electron chi connectivity index (χ4n) is 1.38. The zero-order valence-electron chi connectivity index (χ0n) is 10.1. The van der Waals surface area contributed by atoms with Crippen LogP contribution in [0.2, 0.25) is 0 Å². The lowest BCUT2D eigenvalue weighted by Gasteiger charge is -2.34. The SMILES string of the molecule is [N-]=[N+]=C(C(=O)[C@@](O)([C@H](O)CO)[C@H](O)[C@@H](O)C=O)C(F)(F)F. The van der Waals surface area contributed by atoms with Crippen molar-refractivity contribution in [2.45, 2.75) is 30.1 Å². The number of aliphatic hydroxyl groups excluding tert-OH is 4. The molecule has 0 heterocycles. The molecule has 0 saturated heterocycles. The van der Waals surface area contributed by atoms with Gasteiger partial charge in [-0.15, -0.1) is 0 Å². The van der Waals surface area contributed by atoms with Crippen molar-refractivity contribution >= 4 is 17.8 Å². The molecule has 5 N–H and O–H groups in total. The molecule has 4 atom stereocenters. The third kappa shape index (κ3) is 3.69. The lowest BCUT2D eigenvalue weighted by molar-refractivity contribution is -0.192. The van der Waals surface area contributed by atoms with Crippen LogP contribution in [0.15, 0.2) is 0 Å². The van der Waals surface area contributed by atoms with Gasteiger partial charge in [-0.2, -0.15) is 18.0 Å². The average molecular weight is 316 g/mol. The van der Waals surface area contributed by atoms with E-state index in [4.69, 9.17) is 15.7 Å². The van der Waals surface area contributed by atoms with Gasteiger partial charge in [-0.1, -0.05) is 0 Å². The second kappa shape index (κ2) is 6.85. The smallest absolute Gasteiger partial charge is 0.394 e. The second-order valence-corrected chi connectivity index (χ2v) is 3.87. The standard InChI is InChI=1S/C9H11F3N2O7/c10-9(11,12)5(14-13)7(20)8(21,4(18)2-16)6(19)3(17)1-15/h1,3-4,6,16-19,21H,2H2/t3-,4+,6+,8+/m0/s1. The molecule has 0 aliphatic heterocycles. The molecule has 0 aromatic heterocycles. The Kier molecular flexibility index (Phi) is 6.29. The molecule has 12 heteroatoms. The van der Waals surface area contributed by atoms with E-state index in [1.54, 1.807) is 4.79 Å². The van der Waals surface area contributed by atoms with E-state index in [0.29, 0.717) is 0 Å². The molecule has 0 aromatic rings. The maximum absolute atomic E-state index is 12.4. The van der Waals surface area contributed by atoms with E-state index < -0.39 is 54.5 Å². The number of carbonyl (C=O) groups excluding carboxylic acids is 2. The number of rotatable bonds is 7. The van der Waals surface area contributed by atoms with Gasteiger partial charge in [0, 0.05) is 0 Å². The van der Waals surface area contributed by atoms with E-state index in [1.807, 2.05) is 0 Å². The first-order chi connectivity index (χ1) is 9.48. The number of ketones is 1. The van der Waals surface area contributed by atoms with Crippen LogP contribution in [0.1, 0.15) is 0 Å². The van der Waals surface area contributed by atoms with Crippen LogP contribution in [0.5, 0.6) is 0 Å². The van der Waals surface area contributed by atoms with Gasteiger partial charge in [0.15, 0.2) is 11.9 Å². The van der Waals surface area contributed by atoms with Crippen molar-refractivity contribution < 1.29 is 53.1 Å². The van der Waals surface area contributed by atoms with Crippen molar-refractivity contribution in [2.24, 2.45) is 0 Å². The molecule has 0 saturated carbocycles. The Bertz CT molecular complexity index is 463. The first-order valence-corrected chi connectivity index (χ1v) is 5.15. The van der Waals surface area contributed by atoms with E-state index in [9.17, 15) is 38.1 Å².